The molecule has 1 aromatic heterocycles. The summed E-state index contributed by atoms with van der Waals surface area (Å²) in [5.74, 6) is -0.534. The van der Waals surface area contributed by atoms with Crippen LogP contribution in [-0.2, 0) is 6.42 Å². The van der Waals surface area contributed by atoms with Crippen molar-refractivity contribution in [3.63, 3.8) is 0 Å². The highest BCUT2D eigenvalue weighted by molar-refractivity contribution is 5.94. The second-order valence-electron chi connectivity index (χ2n) is 7.42. The lowest BCUT2D eigenvalue weighted by Gasteiger charge is -2.32. The monoisotopic (exact) mass is 392 g/mol. The first-order valence-electron chi connectivity index (χ1n) is 9.84. The molecule has 1 saturated heterocycles. The minimum Gasteiger partial charge on any atom is -0.338 e. The number of pyridine rings is 1. The van der Waals surface area contributed by atoms with E-state index in [2.05, 4.69) is 0 Å². The molecular formula is C24H22F2N2O. The minimum atomic E-state index is -0.353. The number of aromatic nitrogens is 1. The maximum atomic E-state index is 14.0. The average Bonchev–Trinajstić information content (AvgIpc) is 2.76. The summed E-state index contributed by atoms with van der Waals surface area (Å²) >= 11 is 0. The van der Waals surface area contributed by atoms with Gasteiger partial charge in [-0.3, -0.25) is 9.78 Å². The number of hydrogen-bond donors (Lipinski definition) is 0. The van der Waals surface area contributed by atoms with Crippen LogP contribution >= 0.6 is 0 Å². The number of rotatable bonds is 4. The molecule has 0 saturated carbocycles. The van der Waals surface area contributed by atoms with Gasteiger partial charge in [0.1, 0.15) is 11.6 Å². The van der Waals surface area contributed by atoms with Gasteiger partial charge in [-0.05, 0) is 60.9 Å². The van der Waals surface area contributed by atoms with E-state index < -0.39 is 0 Å². The van der Waals surface area contributed by atoms with Gasteiger partial charge >= 0.3 is 0 Å². The quantitative estimate of drug-likeness (QED) is 0.628. The number of piperidine rings is 1. The lowest BCUT2D eigenvalue weighted by Crippen LogP contribution is -2.39. The Morgan fingerprint density at radius 2 is 1.79 bits per heavy atom. The van der Waals surface area contributed by atoms with Crippen LogP contribution in [0.15, 0.2) is 66.7 Å². The lowest BCUT2D eigenvalue weighted by molar-refractivity contribution is 0.0706. The third kappa shape index (κ3) is 4.50. The Morgan fingerprint density at radius 3 is 2.59 bits per heavy atom. The van der Waals surface area contributed by atoms with Crippen LogP contribution in [0, 0.1) is 11.6 Å². The summed E-state index contributed by atoms with van der Waals surface area (Å²) in [6.07, 6.45) is 2.27. The fourth-order valence-electron chi connectivity index (χ4n) is 3.84. The first kappa shape index (κ1) is 19.2. The SMILES string of the molecule is O=C(c1ccc(F)cc1)N1CCCC(c2cccc(Cc3ccccc3F)n2)C1. The van der Waals surface area contributed by atoms with E-state index in [4.69, 9.17) is 4.98 Å². The molecule has 0 radical (unpaired) electrons. The number of carbonyl (C=O) groups excluding carboxylic acids is 1. The molecule has 29 heavy (non-hydrogen) atoms. The predicted molar refractivity (Wildman–Crippen MR) is 108 cm³/mol. The Balaban J connectivity index is 1.49. The number of amides is 1. The molecule has 5 heteroatoms. The highest BCUT2D eigenvalue weighted by atomic mass is 19.1. The largest absolute Gasteiger partial charge is 0.338 e. The van der Waals surface area contributed by atoms with Crippen LogP contribution < -0.4 is 0 Å². The third-order valence-corrected chi connectivity index (χ3v) is 5.38. The van der Waals surface area contributed by atoms with Gasteiger partial charge in [0.15, 0.2) is 0 Å². The summed E-state index contributed by atoms with van der Waals surface area (Å²) in [4.78, 5) is 19.3. The van der Waals surface area contributed by atoms with E-state index in [0.29, 0.717) is 30.6 Å². The van der Waals surface area contributed by atoms with Gasteiger partial charge in [0.2, 0.25) is 0 Å². The molecule has 0 spiro atoms. The number of nitrogens with zero attached hydrogens (tertiary/aromatic N) is 2. The molecule has 2 heterocycles. The van der Waals surface area contributed by atoms with Gasteiger partial charge in [0, 0.05) is 42.4 Å². The van der Waals surface area contributed by atoms with E-state index in [0.717, 1.165) is 24.2 Å². The van der Waals surface area contributed by atoms with Gasteiger partial charge in [-0.25, -0.2) is 8.78 Å². The standard InChI is InChI=1S/C24H22F2N2O/c25-20-12-10-17(11-13-20)24(29)28-14-4-6-19(16-28)23-9-3-7-21(27-23)15-18-5-1-2-8-22(18)26/h1-3,5,7-13,19H,4,6,14-16H2. The van der Waals surface area contributed by atoms with Gasteiger partial charge < -0.3 is 4.90 Å². The summed E-state index contributed by atoms with van der Waals surface area (Å²) < 4.78 is 27.1. The van der Waals surface area contributed by atoms with Crippen molar-refractivity contribution >= 4 is 5.91 Å². The van der Waals surface area contributed by atoms with Crippen molar-refractivity contribution in [3.8, 4) is 0 Å². The molecule has 1 atom stereocenters. The molecule has 3 nitrogen and oxygen atoms in total. The molecule has 0 aliphatic carbocycles. The average molecular weight is 392 g/mol. The minimum absolute atomic E-state index is 0.0859. The van der Waals surface area contributed by atoms with Gasteiger partial charge in [0.05, 0.1) is 0 Å². The first-order chi connectivity index (χ1) is 14.1. The van der Waals surface area contributed by atoms with Crippen LogP contribution in [0.1, 0.15) is 46.1 Å². The second kappa shape index (κ2) is 8.52. The molecule has 3 aromatic rings. The van der Waals surface area contributed by atoms with Crippen molar-refractivity contribution in [2.45, 2.75) is 25.2 Å². The molecule has 4 rings (SSSR count). The summed E-state index contributed by atoms with van der Waals surface area (Å²) in [5, 5.41) is 0. The zero-order valence-electron chi connectivity index (χ0n) is 16.0. The molecule has 1 unspecified atom stereocenters. The molecule has 148 valence electrons. The molecule has 1 amide bonds. The maximum Gasteiger partial charge on any atom is 0.253 e. The van der Waals surface area contributed by atoms with Crippen LogP contribution in [0.5, 0.6) is 0 Å². The smallest absolute Gasteiger partial charge is 0.253 e. The Bertz CT molecular complexity index is 1000. The van der Waals surface area contributed by atoms with Crippen LogP contribution in [0.3, 0.4) is 0 Å². The number of carbonyl (C=O) groups is 1. The molecular weight excluding hydrogens is 370 g/mol. The fraction of sp³-hybridized carbons (Fsp3) is 0.250. The molecule has 0 N–H and O–H groups in total. The normalized spacial score (nSPS) is 16.6. The topological polar surface area (TPSA) is 33.2 Å². The van der Waals surface area contributed by atoms with Gasteiger partial charge in [0.25, 0.3) is 5.91 Å². The van der Waals surface area contributed by atoms with Gasteiger partial charge in [-0.15, -0.1) is 0 Å². The Morgan fingerprint density at radius 1 is 1.00 bits per heavy atom. The van der Waals surface area contributed by atoms with Crippen LogP contribution in [0.25, 0.3) is 0 Å². The van der Waals surface area contributed by atoms with Crippen molar-refractivity contribution in [2.24, 2.45) is 0 Å². The van der Waals surface area contributed by atoms with E-state index in [1.807, 2.05) is 29.2 Å². The van der Waals surface area contributed by atoms with E-state index in [1.165, 1.54) is 30.3 Å². The van der Waals surface area contributed by atoms with Crippen molar-refractivity contribution in [3.05, 3.63) is 101 Å². The lowest BCUT2D eigenvalue weighted by atomic mass is 9.93. The highest BCUT2D eigenvalue weighted by Crippen LogP contribution is 2.27. The zero-order valence-corrected chi connectivity index (χ0v) is 16.0. The van der Waals surface area contributed by atoms with E-state index in [-0.39, 0.29) is 23.5 Å². The van der Waals surface area contributed by atoms with Gasteiger partial charge in [-0.1, -0.05) is 24.3 Å². The summed E-state index contributed by atoms with van der Waals surface area (Å²) in [5.41, 5.74) is 2.85. The Hall–Kier alpha value is -3.08. The fourth-order valence-corrected chi connectivity index (χ4v) is 3.84. The maximum absolute atomic E-state index is 14.0. The Labute approximate surface area is 169 Å². The Kier molecular flexibility index (Phi) is 5.65. The molecule has 1 aliphatic heterocycles. The number of halogens is 2. The van der Waals surface area contributed by atoms with Crippen molar-refractivity contribution in [2.75, 3.05) is 13.1 Å². The highest BCUT2D eigenvalue weighted by Gasteiger charge is 2.26. The molecule has 2 aromatic carbocycles. The zero-order chi connectivity index (χ0) is 20.2. The van der Waals surface area contributed by atoms with Crippen LogP contribution in [-0.4, -0.2) is 28.9 Å². The molecule has 1 aliphatic rings. The van der Waals surface area contributed by atoms with Gasteiger partial charge in [-0.2, -0.15) is 0 Å². The van der Waals surface area contributed by atoms with Crippen molar-refractivity contribution in [1.29, 1.82) is 0 Å². The van der Waals surface area contributed by atoms with Crippen molar-refractivity contribution in [1.82, 2.24) is 9.88 Å². The van der Waals surface area contributed by atoms with E-state index in [9.17, 15) is 13.6 Å². The van der Waals surface area contributed by atoms with E-state index >= 15 is 0 Å². The summed E-state index contributed by atoms with van der Waals surface area (Å²) in [7, 11) is 0. The number of likely N-dealkylation sites (tertiary alicyclic amines) is 1. The van der Waals surface area contributed by atoms with E-state index in [1.54, 1.807) is 12.1 Å². The predicted octanol–water partition coefficient (Wildman–Crippen LogP) is 4.97. The summed E-state index contributed by atoms with van der Waals surface area (Å²) in [6, 6.07) is 18.2. The summed E-state index contributed by atoms with van der Waals surface area (Å²) in [6.45, 7) is 1.26. The molecule has 0 bridgehead atoms. The molecule has 1 fully saturated rings. The number of benzene rings is 2. The van der Waals surface area contributed by atoms with Crippen LogP contribution in [0.4, 0.5) is 8.78 Å². The first-order valence-corrected chi connectivity index (χ1v) is 9.84. The third-order valence-electron chi connectivity index (χ3n) is 5.38. The second-order valence-corrected chi connectivity index (χ2v) is 7.42. The van der Waals surface area contributed by atoms with Crippen molar-refractivity contribution < 1.29 is 13.6 Å². The van der Waals surface area contributed by atoms with Crippen LogP contribution in [0.2, 0.25) is 0 Å². The number of hydrogen-bond acceptors (Lipinski definition) is 2.